The highest BCUT2D eigenvalue weighted by atomic mass is 79.9. The Morgan fingerprint density at radius 1 is 0.875 bits per heavy atom. The Morgan fingerprint density at radius 3 is 1.54 bits per heavy atom. The Kier molecular flexibility index (Phi) is 6.99. The highest BCUT2D eigenvalue weighted by Crippen LogP contribution is 2.36. The Hall–Kier alpha value is -0.750. The normalized spacial score (nSPS) is 10.6. The maximum absolute atomic E-state index is 12.9. The van der Waals surface area contributed by atoms with Crippen molar-refractivity contribution in [1.82, 2.24) is 0 Å². The summed E-state index contributed by atoms with van der Waals surface area (Å²) in [6, 6.07) is 6.73. The summed E-state index contributed by atoms with van der Waals surface area (Å²) in [7, 11) is 3.11. The number of carbonyl (C=O) groups excluding carboxylic acids is 1. The van der Waals surface area contributed by atoms with Crippen molar-refractivity contribution in [2.24, 2.45) is 0 Å². The molecular formula is C17H14Br2Cl2O3. The lowest BCUT2D eigenvalue weighted by atomic mass is 9.99. The number of methoxy groups -OCH3 is 2. The molecule has 2 aromatic carbocycles. The minimum Gasteiger partial charge on any atom is -0.496 e. The molecule has 0 unspecified atom stereocenters. The largest absolute Gasteiger partial charge is 0.496 e. The van der Waals surface area contributed by atoms with Crippen molar-refractivity contribution in [2.45, 2.75) is 10.7 Å². The van der Waals surface area contributed by atoms with Crippen molar-refractivity contribution in [3.8, 4) is 11.5 Å². The van der Waals surface area contributed by atoms with Gasteiger partial charge in [0, 0.05) is 32.9 Å². The highest BCUT2D eigenvalue weighted by Gasteiger charge is 2.22. The number of alkyl halides is 2. The minimum absolute atomic E-state index is 0.250. The number of benzene rings is 2. The first-order valence-electron chi connectivity index (χ1n) is 6.87. The number of hydrogen-bond donors (Lipinski definition) is 0. The zero-order valence-electron chi connectivity index (χ0n) is 13.0. The number of rotatable bonds is 6. The van der Waals surface area contributed by atoms with E-state index in [9.17, 15) is 4.79 Å². The summed E-state index contributed by atoms with van der Waals surface area (Å²) in [6.07, 6.45) is 0. The molecule has 0 saturated carbocycles. The molecule has 0 aliphatic carbocycles. The van der Waals surface area contributed by atoms with Crippen LogP contribution in [0.5, 0.6) is 11.5 Å². The van der Waals surface area contributed by atoms with Crippen LogP contribution in [0.25, 0.3) is 0 Å². The Bertz CT molecular complexity index is 715. The van der Waals surface area contributed by atoms with E-state index in [-0.39, 0.29) is 5.78 Å². The third-order valence-corrected chi connectivity index (χ3v) is 5.58. The molecule has 2 aromatic rings. The summed E-state index contributed by atoms with van der Waals surface area (Å²) in [5.41, 5.74) is 2.18. The SMILES string of the molecule is COc1ccc(C(=O)c2ccc(OC)c(CBr)c2Cl)c(Cl)c1CBr. The van der Waals surface area contributed by atoms with Crippen LogP contribution in [0.1, 0.15) is 27.0 Å². The maximum atomic E-state index is 12.9. The Labute approximate surface area is 167 Å². The molecule has 24 heavy (non-hydrogen) atoms. The number of hydrogen-bond acceptors (Lipinski definition) is 3. The van der Waals surface area contributed by atoms with Gasteiger partial charge in [0.05, 0.1) is 24.3 Å². The van der Waals surface area contributed by atoms with Gasteiger partial charge in [0.1, 0.15) is 11.5 Å². The van der Waals surface area contributed by atoms with Crippen LogP contribution in [0.2, 0.25) is 10.0 Å². The first kappa shape index (κ1) is 19.6. The van der Waals surface area contributed by atoms with Gasteiger partial charge in [0.2, 0.25) is 0 Å². The van der Waals surface area contributed by atoms with Gasteiger partial charge in [-0.05, 0) is 24.3 Å². The molecule has 0 aliphatic heterocycles. The van der Waals surface area contributed by atoms with Crippen LogP contribution in [-0.4, -0.2) is 20.0 Å². The zero-order chi connectivity index (χ0) is 17.9. The number of ketones is 1. The number of carbonyl (C=O) groups is 1. The predicted octanol–water partition coefficient (Wildman–Crippen LogP) is 6.03. The molecule has 0 radical (unpaired) electrons. The molecule has 0 aromatic heterocycles. The van der Waals surface area contributed by atoms with E-state index < -0.39 is 0 Å². The molecule has 0 heterocycles. The molecule has 0 amide bonds. The zero-order valence-corrected chi connectivity index (χ0v) is 17.6. The fraction of sp³-hybridized carbons (Fsp3) is 0.235. The van der Waals surface area contributed by atoms with Crippen LogP contribution in [0.3, 0.4) is 0 Å². The van der Waals surface area contributed by atoms with Gasteiger partial charge in [-0.25, -0.2) is 0 Å². The van der Waals surface area contributed by atoms with Crippen LogP contribution in [0.4, 0.5) is 0 Å². The van der Waals surface area contributed by atoms with Gasteiger partial charge in [-0.2, -0.15) is 0 Å². The molecule has 0 saturated heterocycles. The van der Waals surface area contributed by atoms with Crippen LogP contribution in [-0.2, 0) is 10.7 Å². The van der Waals surface area contributed by atoms with Gasteiger partial charge in [-0.3, -0.25) is 4.79 Å². The van der Waals surface area contributed by atoms with Crippen molar-refractivity contribution in [2.75, 3.05) is 14.2 Å². The van der Waals surface area contributed by atoms with E-state index in [0.29, 0.717) is 43.3 Å². The van der Waals surface area contributed by atoms with E-state index in [4.69, 9.17) is 32.7 Å². The molecule has 128 valence electrons. The fourth-order valence-corrected chi connectivity index (χ4v) is 4.39. The standard InChI is InChI=1S/C17H14Br2Cl2O3/c1-23-13-5-3-9(15(20)11(13)7-18)17(22)10-4-6-14(24-2)12(8-19)16(10)21/h3-6H,7-8H2,1-2H3. The average Bonchev–Trinajstić information content (AvgIpc) is 2.60. The molecule has 0 N–H and O–H groups in total. The summed E-state index contributed by atoms with van der Waals surface area (Å²) >= 11 is 19.6. The second-order valence-electron chi connectivity index (χ2n) is 4.81. The van der Waals surface area contributed by atoms with Crippen molar-refractivity contribution in [3.05, 3.63) is 56.6 Å². The summed E-state index contributed by atoms with van der Waals surface area (Å²) in [5, 5.41) is 1.64. The summed E-state index contributed by atoms with van der Waals surface area (Å²) in [4.78, 5) is 12.9. The third kappa shape index (κ3) is 3.59. The Morgan fingerprint density at radius 2 is 1.25 bits per heavy atom. The van der Waals surface area contributed by atoms with Gasteiger partial charge >= 0.3 is 0 Å². The second-order valence-corrected chi connectivity index (χ2v) is 6.69. The molecule has 0 bridgehead atoms. The average molecular weight is 497 g/mol. The molecule has 0 aliphatic rings. The van der Waals surface area contributed by atoms with Gasteiger partial charge in [-0.15, -0.1) is 0 Å². The van der Waals surface area contributed by atoms with Crippen LogP contribution in [0, 0.1) is 0 Å². The van der Waals surface area contributed by atoms with Crippen LogP contribution < -0.4 is 9.47 Å². The molecule has 0 spiro atoms. The lowest BCUT2D eigenvalue weighted by molar-refractivity contribution is 0.103. The predicted molar refractivity (Wildman–Crippen MR) is 105 cm³/mol. The van der Waals surface area contributed by atoms with Crippen molar-refractivity contribution in [3.63, 3.8) is 0 Å². The summed E-state index contributed by atoms with van der Waals surface area (Å²) in [6.45, 7) is 0. The van der Waals surface area contributed by atoms with Gasteiger partial charge < -0.3 is 9.47 Å². The van der Waals surface area contributed by atoms with Gasteiger partial charge in [0.15, 0.2) is 5.78 Å². The molecule has 7 heteroatoms. The van der Waals surface area contributed by atoms with Crippen molar-refractivity contribution in [1.29, 1.82) is 0 Å². The minimum atomic E-state index is -0.250. The molecular weight excluding hydrogens is 483 g/mol. The summed E-state index contributed by atoms with van der Waals surface area (Å²) < 4.78 is 10.5. The lowest BCUT2D eigenvalue weighted by Gasteiger charge is -2.14. The number of halogens is 4. The van der Waals surface area contributed by atoms with Crippen molar-refractivity contribution < 1.29 is 14.3 Å². The van der Waals surface area contributed by atoms with Gasteiger partial charge in [-0.1, -0.05) is 55.1 Å². The van der Waals surface area contributed by atoms with E-state index in [1.54, 1.807) is 38.5 Å². The second kappa shape index (κ2) is 8.56. The van der Waals surface area contributed by atoms with Crippen LogP contribution >= 0.6 is 55.1 Å². The fourth-order valence-electron chi connectivity index (χ4n) is 2.33. The number of ether oxygens (including phenoxy) is 2. The van der Waals surface area contributed by atoms with Gasteiger partial charge in [0.25, 0.3) is 0 Å². The lowest BCUT2D eigenvalue weighted by Crippen LogP contribution is -2.07. The van der Waals surface area contributed by atoms with Crippen LogP contribution in [0.15, 0.2) is 24.3 Å². The Balaban J connectivity index is 2.58. The van der Waals surface area contributed by atoms with E-state index in [1.807, 2.05) is 0 Å². The monoisotopic (exact) mass is 494 g/mol. The molecule has 0 atom stereocenters. The van der Waals surface area contributed by atoms with E-state index in [0.717, 1.165) is 11.1 Å². The van der Waals surface area contributed by atoms with E-state index >= 15 is 0 Å². The maximum Gasteiger partial charge on any atom is 0.196 e. The smallest absolute Gasteiger partial charge is 0.196 e. The molecule has 3 nitrogen and oxygen atoms in total. The summed E-state index contributed by atoms with van der Waals surface area (Å²) in [5.74, 6) is 0.991. The highest BCUT2D eigenvalue weighted by molar-refractivity contribution is 9.08. The quantitative estimate of drug-likeness (QED) is 0.362. The topological polar surface area (TPSA) is 35.5 Å². The molecule has 2 rings (SSSR count). The first-order chi connectivity index (χ1) is 11.5. The third-order valence-electron chi connectivity index (χ3n) is 3.60. The van der Waals surface area contributed by atoms with Crippen molar-refractivity contribution >= 4 is 60.8 Å². The van der Waals surface area contributed by atoms with E-state index in [2.05, 4.69) is 31.9 Å². The molecule has 0 fully saturated rings. The first-order valence-corrected chi connectivity index (χ1v) is 9.87. The van der Waals surface area contributed by atoms with E-state index in [1.165, 1.54) is 0 Å².